The molecule has 0 aromatic carbocycles. The van der Waals surface area contributed by atoms with Gasteiger partial charge in [0.25, 0.3) is 0 Å². The summed E-state index contributed by atoms with van der Waals surface area (Å²) in [5, 5.41) is 8.86. The van der Waals surface area contributed by atoms with E-state index in [1.165, 1.54) is 0 Å². The summed E-state index contributed by atoms with van der Waals surface area (Å²) in [5.74, 6) is -0.974. The van der Waals surface area contributed by atoms with E-state index in [0.29, 0.717) is 32.5 Å². The van der Waals surface area contributed by atoms with Crippen LogP contribution in [0.15, 0.2) is 24.5 Å². The summed E-state index contributed by atoms with van der Waals surface area (Å²) in [7, 11) is 0. The predicted molar refractivity (Wildman–Crippen MR) is 61.4 cm³/mol. The van der Waals surface area contributed by atoms with Crippen LogP contribution in [0.4, 0.5) is 0 Å². The molecule has 0 saturated carbocycles. The third kappa shape index (κ3) is 2.87. The van der Waals surface area contributed by atoms with E-state index in [4.69, 9.17) is 5.11 Å². The molecule has 1 aromatic heterocycles. The molecule has 1 amide bonds. The van der Waals surface area contributed by atoms with Crippen LogP contribution in [0.25, 0.3) is 0 Å². The lowest BCUT2D eigenvalue weighted by Gasteiger charge is -2.30. The Morgan fingerprint density at radius 1 is 1.18 bits per heavy atom. The molecule has 0 unspecified atom stereocenters. The normalized spacial score (nSPS) is 17.1. The number of amides is 1. The van der Waals surface area contributed by atoms with Crippen molar-refractivity contribution in [3.05, 3.63) is 24.5 Å². The second-order valence-corrected chi connectivity index (χ2v) is 4.35. The van der Waals surface area contributed by atoms with E-state index in [9.17, 15) is 9.59 Å². The Hall–Kier alpha value is -1.78. The van der Waals surface area contributed by atoms with Crippen molar-refractivity contribution in [2.75, 3.05) is 13.1 Å². The first-order valence-corrected chi connectivity index (χ1v) is 5.78. The first kappa shape index (κ1) is 11.7. The first-order chi connectivity index (χ1) is 8.16. The Morgan fingerprint density at radius 3 is 2.29 bits per heavy atom. The summed E-state index contributed by atoms with van der Waals surface area (Å²) in [5.41, 5.74) is 0. The van der Waals surface area contributed by atoms with Crippen LogP contribution < -0.4 is 0 Å². The lowest BCUT2D eigenvalue weighted by Crippen LogP contribution is -2.41. The molecule has 1 saturated heterocycles. The molecule has 5 nitrogen and oxygen atoms in total. The highest BCUT2D eigenvalue weighted by Gasteiger charge is 2.26. The highest BCUT2D eigenvalue weighted by molar-refractivity contribution is 5.76. The Balaban J connectivity index is 1.84. The van der Waals surface area contributed by atoms with Gasteiger partial charge in [-0.1, -0.05) is 0 Å². The highest BCUT2D eigenvalue weighted by atomic mass is 16.4. The number of aliphatic carboxylic acids is 1. The first-order valence-electron chi connectivity index (χ1n) is 5.78. The minimum absolute atomic E-state index is 0.0602. The molecule has 5 heteroatoms. The number of carbonyl (C=O) groups is 2. The Bertz CT molecular complexity index is 392. The van der Waals surface area contributed by atoms with Gasteiger partial charge in [0, 0.05) is 25.5 Å². The topological polar surface area (TPSA) is 62.5 Å². The van der Waals surface area contributed by atoms with Crippen molar-refractivity contribution in [3.8, 4) is 0 Å². The zero-order chi connectivity index (χ0) is 12.3. The highest BCUT2D eigenvalue weighted by Crippen LogP contribution is 2.17. The van der Waals surface area contributed by atoms with E-state index in [1.54, 1.807) is 4.90 Å². The van der Waals surface area contributed by atoms with Crippen molar-refractivity contribution >= 4 is 11.9 Å². The second kappa shape index (κ2) is 5.03. The average molecular weight is 236 g/mol. The quantitative estimate of drug-likeness (QED) is 0.844. The van der Waals surface area contributed by atoms with E-state index < -0.39 is 5.97 Å². The second-order valence-electron chi connectivity index (χ2n) is 4.35. The number of rotatable bonds is 3. The molecule has 0 atom stereocenters. The van der Waals surface area contributed by atoms with E-state index in [1.807, 2.05) is 29.1 Å². The average Bonchev–Trinajstić information content (AvgIpc) is 2.82. The van der Waals surface area contributed by atoms with Crippen molar-refractivity contribution in [2.45, 2.75) is 19.4 Å². The van der Waals surface area contributed by atoms with Gasteiger partial charge in [-0.3, -0.25) is 9.59 Å². The summed E-state index contributed by atoms with van der Waals surface area (Å²) in [4.78, 5) is 24.4. The lowest BCUT2D eigenvalue weighted by atomic mass is 9.97. The van der Waals surface area contributed by atoms with Crippen molar-refractivity contribution in [1.29, 1.82) is 0 Å². The number of hydrogen-bond acceptors (Lipinski definition) is 2. The number of nitrogens with zero attached hydrogens (tertiary/aromatic N) is 2. The van der Waals surface area contributed by atoms with Crippen LogP contribution >= 0.6 is 0 Å². The third-order valence-corrected chi connectivity index (χ3v) is 3.18. The molecule has 1 N–H and O–H groups in total. The van der Waals surface area contributed by atoms with Gasteiger partial charge in [-0.2, -0.15) is 0 Å². The maximum Gasteiger partial charge on any atom is 0.306 e. The number of carboxylic acids is 1. The number of piperidine rings is 1. The molecule has 1 aromatic rings. The predicted octanol–water partition coefficient (Wildman–Crippen LogP) is 0.811. The maximum absolute atomic E-state index is 11.9. The van der Waals surface area contributed by atoms with Crippen LogP contribution in [0, 0.1) is 5.92 Å². The van der Waals surface area contributed by atoms with Crippen molar-refractivity contribution < 1.29 is 14.7 Å². The van der Waals surface area contributed by atoms with E-state index >= 15 is 0 Å². The summed E-state index contributed by atoms with van der Waals surface area (Å²) < 4.78 is 1.83. The largest absolute Gasteiger partial charge is 0.481 e. The number of hydrogen-bond donors (Lipinski definition) is 1. The molecule has 2 rings (SSSR count). The molecule has 1 aliphatic rings. The van der Waals surface area contributed by atoms with Gasteiger partial charge in [0.05, 0.1) is 5.92 Å². The van der Waals surface area contributed by atoms with E-state index in [2.05, 4.69) is 0 Å². The number of carboxylic acid groups (broad SMARTS) is 1. The zero-order valence-corrected chi connectivity index (χ0v) is 9.58. The Labute approximate surface area is 99.6 Å². The SMILES string of the molecule is O=C(O)C1CCN(C(=O)Cn2cccc2)CC1. The zero-order valence-electron chi connectivity index (χ0n) is 9.58. The van der Waals surface area contributed by atoms with E-state index in [-0.39, 0.29) is 11.8 Å². The fourth-order valence-electron chi connectivity index (χ4n) is 2.11. The van der Waals surface area contributed by atoms with Crippen molar-refractivity contribution in [1.82, 2.24) is 9.47 Å². The van der Waals surface area contributed by atoms with Crippen LogP contribution in [-0.2, 0) is 16.1 Å². The van der Waals surface area contributed by atoms with Gasteiger partial charge in [-0.25, -0.2) is 0 Å². The molecular weight excluding hydrogens is 220 g/mol. The smallest absolute Gasteiger partial charge is 0.306 e. The lowest BCUT2D eigenvalue weighted by molar-refractivity contribution is -0.145. The number of likely N-dealkylation sites (tertiary alicyclic amines) is 1. The molecule has 1 fully saturated rings. The van der Waals surface area contributed by atoms with Gasteiger partial charge in [-0.15, -0.1) is 0 Å². The van der Waals surface area contributed by atoms with Gasteiger partial charge in [0.2, 0.25) is 5.91 Å². The summed E-state index contributed by atoms with van der Waals surface area (Å²) in [6.07, 6.45) is 4.82. The minimum Gasteiger partial charge on any atom is -0.481 e. The summed E-state index contributed by atoms with van der Waals surface area (Å²) in [6.45, 7) is 1.44. The molecule has 17 heavy (non-hydrogen) atoms. The maximum atomic E-state index is 11.9. The fraction of sp³-hybridized carbons (Fsp3) is 0.500. The minimum atomic E-state index is -0.748. The van der Waals surface area contributed by atoms with Gasteiger partial charge in [0.15, 0.2) is 0 Å². The molecule has 1 aliphatic heterocycles. The van der Waals surface area contributed by atoms with Crippen LogP contribution in [0.5, 0.6) is 0 Å². The number of carbonyl (C=O) groups excluding carboxylic acids is 1. The number of aromatic nitrogens is 1. The van der Waals surface area contributed by atoms with E-state index in [0.717, 1.165) is 0 Å². The van der Waals surface area contributed by atoms with Crippen molar-refractivity contribution in [2.24, 2.45) is 5.92 Å². The van der Waals surface area contributed by atoms with Gasteiger partial charge >= 0.3 is 5.97 Å². The summed E-state index contributed by atoms with van der Waals surface area (Å²) in [6, 6.07) is 3.76. The molecule has 0 bridgehead atoms. The van der Waals surface area contributed by atoms with Crippen molar-refractivity contribution in [3.63, 3.8) is 0 Å². The third-order valence-electron chi connectivity index (χ3n) is 3.18. The Kier molecular flexibility index (Phi) is 3.46. The van der Waals surface area contributed by atoms with Crippen LogP contribution in [0.3, 0.4) is 0 Å². The van der Waals surface area contributed by atoms with Gasteiger partial charge in [-0.05, 0) is 25.0 Å². The van der Waals surface area contributed by atoms with Gasteiger partial charge in [0.1, 0.15) is 6.54 Å². The monoisotopic (exact) mass is 236 g/mol. The van der Waals surface area contributed by atoms with Crippen LogP contribution in [-0.4, -0.2) is 39.5 Å². The molecule has 92 valence electrons. The fourth-order valence-corrected chi connectivity index (χ4v) is 2.11. The Morgan fingerprint density at radius 2 is 1.76 bits per heavy atom. The summed E-state index contributed by atoms with van der Waals surface area (Å²) >= 11 is 0. The van der Waals surface area contributed by atoms with Crippen LogP contribution in [0.1, 0.15) is 12.8 Å². The standard InChI is InChI=1S/C12H16N2O3/c15-11(9-13-5-1-2-6-13)14-7-3-10(4-8-14)12(16)17/h1-2,5-6,10H,3-4,7-9H2,(H,16,17). The molecule has 0 radical (unpaired) electrons. The van der Waals surface area contributed by atoms with Gasteiger partial charge < -0.3 is 14.6 Å². The molecular formula is C12H16N2O3. The van der Waals surface area contributed by atoms with Crippen LogP contribution in [0.2, 0.25) is 0 Å². The molecule has 2 heterocycles. The molecule has 0 spiro atoms. The molecule has 0 aliphatic carbocycles.